The van der Waals surface area contributed by atoms with Crippen LogP contribution in [0.15, 0.2) is 42.5 Å². The lowest BCUT2D eigenvalue weighted by Crippen LogP contribution is -2.40. The number of carbonyl (C=O) groups excluding carboxylic acids is 3. The molecule has 0 saturated heterocycles. The normalized spacial score (nSPS) is 22.3. The second-order valence-corrected chi connectivity index (χ2v) is 7.66. The second kappa shape index (κ2) is 12.8. The highest BCUT2D eigenvalue weighted by molar-refractivity contribution is 5.86. The lowest BCUT2D eigenvalue weighted by molar-refractivity contribution is -0.145. The minimum Gasteiger partial charge on any atom is -0.463 e. The molecule has 0 saturated carbocycles. The van der Waals surface area contributed by atoms with Crippen LogP contribution < -0.4 is 10.6 Å². The number of carbonyl (C=O) groups is 3. The van der Waals surface area contributed by atoms with Crippen molar-refractivity contribution in [3.63, 3.8) is 0 Å². The molecule has 2 amide bonds. The number of allylic oxidation sites excluding steroid dienone is 2. The highest BCUT2D eigenvalue weighted by atomic mass is 16.5. The minimum absolute atomic E-state index is 0.0157. The molecule has 3 atom stereocenters. The molecular formula is C23H32N2O5. The fraction of sp³-hybridized carbons (Fsp3) is 0.522. The fourth-order valence-corrected chi connectivity index (χ4v) is 3.24. The van der Waals surface area contributed by atoms with Gasteiger partial charge in [0.25, 0.3) is 0 Å². The number of ether oxygens (including phenoxy) is 1. The van der Waals surface area contributed by atoms with Crippen molar-refractivity contribution in [2.45, 2.75) is 57.5 Å². The van der Waals surface area contributed by atoms with Crippen LogP contribution in [-0.4, -0.2) is 42.1 Å². The van der Waals surface area contributed by atoms with Crippen LogP contribution in [0.1, 0.15) is 57.1 Å². The molecule has 0 aliphatic carbocycles. The van der Waals surface area contributed by atoms with E-state index in [1.807, 2.05) is 42.5 Å². The SMILES string of the molecule is C[C@@H](CO)NC(=O)C[C@H]1CC=CCCCCC(=O)OC[C@@H](c2ccccc2)NC1=O. The molecule has 3 N–H and O–H groups in total. The van der Waals surface area contributed by atoms with Crippen LogP contribution in [0.4, 0.5) is 0 Å². The van der Waals surface area contributed by atoms with Crippen molar-refractivity contribution >= 4 is 17.8 Å². The first kappa shape index (κ1) is 23.6. The van der Waals surface area contributed by atoms with E-state index in [2.05, 4.69) is 10.6 Å². The molecule has 7 heteroatoms. The molecule has 0 spiro atoms. The van der Waals surface area contributed by atoms with Crippen LogP contribution in [0, 0.1) is 5.92 Å². The number of nitrogens with one attached hydrogen (secondary N) is 2. The number of aliphatic hydroxyl groups excluding tert-OH is 1. The lowest BCUT2D eigenvalue weighted by Gasteiger charge is -2.23. The second-order valence-electron chi connectivity index (χ2n) is 7.66. The monoisotopic (exact) mass is 416 g/mol. The van der Waals surface area contributed by atoms with Crippen molar-refractivity contribution in [2.75, 3.05) is 13.2 Å². The van der Waals surface area contributed by atoms with Gasteiger partial charge in [-0.2, -0.15) is 0 Å². The number of aliphatic hydroxyl groups is 1. The summed E-state index contributed by atoms with van der Waals surface area (Å²) in [5.41, 5.74) is 0.832. The molecule has 0 bridgehead atoms. The summed E-state index contributed by atoms with van der Waals surface area (Å²) < 4.78 is 5.41. The molecule has 0 fully saturated rings. The number of amides is 2. The number of esters is 1. The fourth-order valence-electron chi connectivity index (χ4n) is 3.24. The van der Waals surface area contributed by atoms with Gasteiger partial charge in [0.2, 0.25) is 11.8 Å². The van der Waals surface area contributed by atoms with Gasteiger partial charge in [-0.15, -0.1) is 0 Å². The van der Waals surface area contributed by atoms with Crippen molar-refractivity contribution in [2.24, 2.45) is 5.92 Å². The highest BCUT2D eigenvalue weighted by Gasteiger charge is 2.25. The molecule has 0 aromatic heterocycles. The summed E-state index contributed by atoms with van der Waals surface area (Å²) in [6.07, 6.45) is 7.14. The smallest absolute Gasteiger partial charge is 0.305 e. The Hall–Kier alpha value is -2.67. The number of benzene rings is 1. The standard InChI is InChI=1S/C23H32N2O5/c1-17(15-26)24-21(27)14-19-12-6-3-2-4-9-13-22(28)30-16-20(25-23(19)29)18-10-7-5-8-11-18/h3,5-8,10-11,17,19-20,26H,2,4,9,12-16H2,1H3,(H,24,27)(H,25,29)/t17-,19+,20-/m0/s1. The average Bonchev–Trinajstić information content (AvgIpc) is 2.74. The predicted octanol–water partition coefficient (Wildman–Crippen LogP) is 2.41. The minimum atomic E-state index is -0.558. The molecule has 7 nitrogen and oxygen atoms in total. The van der Waals surface area contributed by atoms with E-state index in [0.717, 1.165) is 24.8 Å². The third-order valence-electron chi connectivity index (χ3n) is 5.00. The van der Waals surface area contributed by atoms with Gasteiger partial charge in [0.05, 0.1) is 18.6 Å². The molecule has 164 valence electrons. The Morgan fingerprint density at radius 1 is 1.23 bits per heavy atom. The highest BCUT2D eigenvalue weighted by Crippen LogP contribution is 2.18. The molecule has 1 aromatic rings. The average molecular weight is 417 g/mol. The third-order valence-corrected chi connectivity index (χ3v) is 5.00. The van der Waals surface area contributed by atoms with Crippen LogP contribution in [0.2, 0.25) is 0 Å². The van der Waals surface area contributed by atoms with E-state index in [9.17, 15) is 14.4 Å². The summed E-state index contributed by atoms with van der Waals surface area (Å²) in [4.78, 5) is 37.4. The molecule has 30 heavy (non-hydrogen) atoms. The Morgan fingerprint density at radius 3 is 2.73 bits per heavy atom. The van der Waals surface area contributed by atoms with E-state index in [0.29, 0.717) is 12.8 Å². The summed E-state index contributed by atoms with van der Waals surface area (Å²) in [6, 6.07) is 8.47. The Bertz CT molecular complexity index is 720. The van der Waals surface area contributed by atoms with Gasteiger partial charge in [-0.05, 0) is 38.2 Å². The maximum absolute atomic E-state index is 13.0. The maximum Gasteiger partial charge on any atom is 0.305 e. The quantitative estimate of drug-likeness (QED) is 0.505. The molecule has 2 rings (SSSR count). The van der Waals surface area contributed by atoms with Gasteiger partial charge in [-0.1, -0.05) is 42.5 Å². The van der Waals surface area contributed by atoms with Crippen LogP contribution in [0.25, 0.3) is 0 Å². The number of hydrogen-bond donors (Lipinski definition) is 3. The van der Waals surface area contributed by atoms with Crippen LogP contribution in [0.5, 0.6) is 0 Å². The predicted molar refractivity (Wildman–Crippen MR) is 113 cm³/mol. The maximum atomic E-state index is 13.0. The summed E-state index contributed by atoms with van der Waals surface area (Å²) in [7, 11) is 0. The topological polar surface area (TPSA) is 105 Å². The molecule has 1 aliphatic heterocycles. The first-order valence-corrected chi connectivity index (χ1v) is 10.6. The van der Waals surface area contributed by atoms with Gasteiger partial charge in [-0.25, -0.2) is 0 Å². The van der Waals surface area contributed by atoms with E-state index in [-0.39, 0.29) is 43.5 Å². The molecule has 1 aliphatic rings. The van der Waals surface area contributed by atoms with E-state index in [1.165, 1.54) is 0 Å². The van der Waals surface area contributed by atoms with Crippen molar-refractivity contribution in [3.8, 4) is 0 Å². The number of hydrogen-bond acceptors (Lipinski definition) is 5. The first-order valence-electron chi connectivity index (χ1n) is 10.6. The van der Waals surface area contributed by atoms with Gasteiger partial charge in [0.1, 0.15) is 6.61 Å². The zero-order valence-corrected chi connectivity index (χ0v) is 17.5. The van der Waals surface area contributed by atoms with E-state index >= 15 is 0 Å². The number of rotatable bonds is 5. The summed E-state index contributed by atoms with van der Waals surface area (Å²) in [5, 5.41) is 14.8. The lowest BCUT2D eigenvalue weighted by atomic mass is 9.97. The molecule has 1 aromatic carbocycles. The summed E-state index contributed by atoms with van der Waals surface area (Å²) >= 11 is 0. The van der Waals surface area contributed by atoms with Crippen LogP contribution >= 0.6 is 0 Å². The van der Waals surface area contributed by atoms with Gasteiger partial charge in [0, 0.05) is 18.9 Å². The van der Waals surface area contributed by atoms with Crippen molar-refractivity contribution in [3.05, 3.63) is 48.0 Å². The van der Waals surface area contributed by atoms with Gasteiger partial charge in [0.15, 0.2) is 0 Å². The van der Waals surface area contributed by atoms with Crippen molar-refractivity contribution < 1.29 is 24.2 Å². The van der Waals surface area contributed by atoms with Crippen molar-refractivity contribution in [1.82, 2.24) is 10.6 Å². The van der Waals surface area contributed by atoms with Gasteiger partial charge >= 0.3 is 5.97 Å². The molecule has 0 unspecified atom stereocenters. The molecular weight excluding hydrogens is 384 g/mol. The van der Waals surface area contributed by atoms with E-state index in [1.54, 1.807) is 6.92 Å². The Balaban J connectivity index is 2.17. The summed E-state index contributed by atoms with van der Waals surface area (Å²) in [6.45, 7) is 1.58. The Kier molecular flexibility index (Phi) is 10.1. The Labute approximate surface area is 177 Å². The number of cyclic esters (lactones) is 1. The van der Waals surface area contributed by atoms with Gasteiger partial charge < -0.3 is 20.5 Å². The van der Waals surface area contributed by atoms with Crippen LogP contribution in [-0.2, 0) is 19.1 Å². The largest absolute Gasteiger partial charge is 0.463 e. The zero-order chi connectivity index (χ0) is 21.8. The van der Waals surface area contributed by atoms with Gasteiger partial charge in [-0.3, -0.25) is 14.4 Å². The Morgan fingerprint density at radius 2 is 2.00 bits per heavy atom. The van der Waals surface area contributed by atoms with Crippen molar-refractivity contribution in [1.29, 1.82) is 0 Å². The third kappa shape index (κ3) is 8.37. The first-order chi connectivity index (χ1) is 14.5. The van der Waals surface area contributed by atoms with E-state index < -0.39 is 12.0 Å². The molecule has 1 heterocycles. The van der Waals surface area contributed by atoms with Crippen LogP contribution in [0.3, 0.4) is 0 Å². The molecule has 0 radical (unpaired) electrons. The van der Waals surface area contributed by atoms with E-state index in [4.69, 9.17) is 9.84 Å². The summed E-state index contributed by atoms with van der Waals surface area (Å²) in [5.74, 6) is -1.39. The zero-order valence-electron chi connectivity index (χ0n) is 17.5.